The van der Waals surface area contributed by atoms with Crippen LogP contribution >= 0.6 is 0 Å². The van der Waals surface area contributed by atoms with Crippen molar-refractivity contribution in [2.75, 3.05) is 0 Å². The first-order valence-corrected chi connectivity index (χ1v) is 4.59. The van der Waals surface area contributed by atoms with E-state index in [1.54, 1.807) is 0 Å². The molecule has 1 aromatic rings. The number of nitrogens with two attached hydrogens (primary N) is 1. The molecule has 1 aliphatic rings. The highest BCUT2D eigenvalue weighted by molar-refractivity contribution is 5.20. The highest BCUT2D eigenvalue weighted by Gasteiger charge is 2.37. The minimum absolute atomic E-state index is 0.265. The van der Waals surface area contributed by atoms with Gasteiger partial charge in [0, 0.05) is 6.04 Å². The van der Waals surface area contributed by atoms with Crippen molar-refractivity contribution < 1.29 is 0 Å². The third-order valence-corrected chi connectivity index (χ3v) is 2.82. The normalized spacial score (nSPS) is 29.8. The minimum Gasteiger partial charge on any atom is -0.324 e. The van der Waals surface area contributed by atoms with E-state index in [2.05, 4.69) is 31.2 Å². The van der Waals surface area contributed by atoms with Gasteiger partial charge in [-0.2, -0.15) is 0 Å². The number of hydrogen-bond donors (Lipinski definition) is 1. The van der Waals surface area contributed by atoms with E-state index in [0.717, 1.165) is 11.8 Å². The van der Waals surface area contributed by atoms with Crippen molar-refractivity contribution >= 4 is 0 Å². The molecule has 1 aromatic carbocycles. The first-order valence-electron chi connectivity index (χ1n) is 4.59. The Morgan fingerprint density at radius 1 is 1.33 bits per heavy atom. The van der Waals surface area contributed by atoms with E-state index in [1.807, 2.05) is 6.07 Å². The molecule has 1 aliphatic carbocycles. The number of hydrogen-bond acceptors (Lipinski definition) is 1. The molecule has 12 heavy (non-hydrogen) atoms. The van der Waals surface area contributed by atoms with Crippen LogP contribution < -0.4 is 5.73 Å². The van der Waals surface area contributed by atoms with Crippen LogP contribution in [0.4, 0.5) is 0 Å². The fraction of sp³-hybridized carbons (Fsp3) is 0.455. The maximum atomic E-state index is 6.09. The van der Waals surface area contributed by atoms with E-state index in [1.165, 1.54) is 12.0 Å². The van der Waals surface area contributed by atoms with E-state index in [-0.39, 0.29) is 6.04 Å². The zero-order valence-electron chi connectivity index (χ0n) is 7.40. The van der Waals surface area contributed by atoms with Gasteiger partial charge in [-0.05, 0) is 23.8 Å². The molecule has 0 saturated heterocycles. The van der Waals surface area contributed by atoms with Crippen LogP contribution in [0.1, 0.15) is 24.9 Å². The van der Waals surface area contributed by atoms with Gasteiger partial charge in [-0.15, -0.1) is 0 Å². The molecular weight excluding hydrogens is 146 g/mol. The van der Waals surface area contributed by atoms with Gasteiger partial charge in [0.05, 0.1) is 0 Å². The van der Waals surface area contributed by atoms with Crippen molar-refractivity contribution in [3.63, 3.8) is 0 Å². The van der Waals surface area contributed by atoms with Crippen molar-refractivity contribution in [2.24, 2.45) is 17.6 Å². The van der Waals surface area contributed by atoms with E-state index in [4.69, 9.17) is 5.73 Å². The molecule has 1 heteroatoms. The van der Waals surface area contributed by atoms with Crippen LogP contribution in [0.2, 0.25) is 0 Å². The standard InChI is InChI=1S/C11H15N/c1-8-7-10(8)11(12)9-5-3-2-4-6-9/h2-6,8,10-11H,7,12H2,1H3/t8-,10+,11-/m1/s1. The molecule has 1 fully saturated rings. The summed E-state index contributed by atoms with van der Waals surface area (Å²) in [5.74, 6) is 1.56. The first-order chi connectivity index (χ1) is 5.79. The van der Waals surface area contributed by atoms with Crippen molar-refractivity contribution in [3.05, 3.63) is 35.9 Å². The van der Waals surface area contributed by atoms with Crippen LogP contribution in [0.3, 0.4) is 0 Å². The molecule has 64 valence electrons. The maximum Gasteiger partial charge on any atom is 0.0326 e. The zero-order chi connectivity index (χ0) is 8.55. The maximum absolute atomic E-state index is 6.09. The van der Waals surface area contributed by atoms with Gasteiger partial charge >= 0.3 is 0 Å². The molecule has 1 saturated carbocycles. The molecule has 0 bridgehead atoms. The molecule has 0 unspecified atom stereocenters. The smallest absolute Gasteiger partial charge is 0.0326 e. The van der Waals surface area contributed by atoms with E-state index in [9.17, 15) is 0 Å². The molecule has 2 N–H and O–H groups in total. The summed E-state index contributed by atoms with van der Waals surface area (Å²) in [6, 6.07) is 10.7. The van der Waals surface area contributed by atoms with Gasteiger partial charge < -0.3 is 5.73 Å². The van der Waals surface area contributed by atoms with Crippen molar-refractivity contribution in [1.82, 2.24) is 0 Å². The predicted molar refractivity (Wildman–Crippen MR) is 50.6 cm³/mol. The summed E-state index contributed by atoms with van der Waals surface area (Å²) in [6.07, 6.45) is 1.30. The lowest BCUT2D eigenvalue weighted by Gasteiger charge is -2.10. The Hall–Kier alpha value is -0.820. The molecule has 0 radical (unpaired) electrons. The molecular formula is C11H15N. The summed E-state index contributed by atoms with van der Waals surface area (Å²) in [5, 5.41) is 0. The molecule has 0 amide bonds. The highest BCUT2D eigenvalue weighted by Crippen LogP contribution is 2.45. The largest absolute Gasteiger partial charge is 0.324 e. The van der Waals surface area contributed by atoms with Gasteiger partial charge in [-0.25, -0.2) is 0 Å². The van der Waals surface area contributed by atoms with Crippen LogP contribution in [-0.4, -0.2) is 0 Å². The Bertz CT molecular complexity index is 255. The van der Waals surface area contributed by atoms with Gasteiger partial charge in [0.25, 0.3) is 0 Å². The Morgan fingerprint density at radius 2 is 1.92 bits per heavy atom. The summed E-state index contributed by atoms with van der Waals surface area (Å²) >= 11 is 0. The topological polar surface area (TPSA) is 26.0 Å². The summed E-state index contributed by atoms with van der Waals surface area (Å²) in [6.45, 7) is 2.27. The van der Waals surface area contributed by atoms with Crippen LogP contribution in [-0.2, 0) is 0 Å². The summed E-state index contributed by atoms with van der Waals surface area (Å²) in [4.78, 5) is 0. The Balaban J connectivity index is 2.10. The monoisotopic (exact) mass is 161 g/mol. The van der Waals surface area contributed by atoms with E-state index in [0.29, 0.717) is 0 Å². The molecule has 3 atom stereocenters. The van der Waals surface area contributed by atoms with E-state index < -0.39 is 0 Å². The van der Waals surface area contributed by atoms with Gasteiger partial charge in [0.2, 0.25) is 0 Å². The minimum atomic E-state index is 0.265. The fourth-order valence-electron chi connectivity index (χ4n) is 1.77. The molecule has 0 heterocycles. The van der Waals surface area contributed by atoms with Crippen LogP contribution in [0.15, 0.2) is 30.3 Å². The van der Waals surface area contributed by atoms with Crippen molar-refractivity contribution in [3.8, 4) is 0 Å². The second-order valence-corrected chi connectivity index (χ2v) is 3.81. The lowest BCUT2D eigenvalue weighted by atomic mass is 10.0. The van der Waals surface area contributed by atoms with Gasteiger partial charge in [-0.3, -0.25) is 0 Å². The van der Waals surface area contributed by atoms with Gasteiger partial charge in [0.15, 0.2) is 0 Å². The van der Waals surface area contributed by atoms with Crippen molar-refractivity contribution in [1.29, 1.82) is 0 Å². The van der Waals surface area contributed by atoms with Crippen LogP contribution in [0, 0.1) is 11.8 Å². The average Bonchev–Trinajstić information content (AvgIpc) is 2.83. The molecule has 0 spiro atoms. The Labute approximate surface area is 73.6 Å². The Morgan fingerprint density at radius 3 is 2.42 bits per heavy atom. The number of rotatable bonds is 2. The van der Waals surface area contributed by atoms with Gasteiger partial charge in [0.1, 0.15) is 0 Å². The predicted octanol–water partition coefficient (Wildman–Crippen LogP) is 2.34. The summed E-state index contributed by atoms with van der Waals surface area (Å²) in [5.41, 5.74) is 7.37. The second kappa shape index (κ2) is 2.91. The first kappa shape index (κ1) is 7.81. The second-order valence-electron chi connectivity index (χ2n) is 3.81. The van der Waals surface area contributed by atoms with Crippen molar-refractivity contribution in [2.45, 2.75) is 19.4 Å². The van der Waals surface area contributed by atoms with Crippen LogP contribution in [0.5, 0.6) is 0 Å². The lowest BCUT2D eigenvalue weighted by molar-refractivity contribution is 0.593. The molecule has 2 rings (SSSR count). The lowest BCUT2D eigenvalue weighted by Crippen LogP contribution is -2.12. The third-order valence-electron chi connectivity index (χ3n) is 2.82. The van der Waals surface area contributed by atoms with E-state index >= 15 is 0 Å². The molecule has 0 aliphatic heterocycles. The number of benzene rings is 1. The summed E-state index contributed by atoms with van der Waals surface area (Å²) < 4.78 is 0. The molecule has 0 aromatic heterocycles. The average molecular weight is 161 g/mol. The zero-order valence-corrected chi connectivity index (χ0v) is 7.40. The third kappa shape index (κ3) is 1.37. The molecule has 1 nitrogen and oxygen atoms in total. The fourth-order valence-corrected chi connectivity index (χ4v) is 1.77. The van der Waals surface area contributed by atoms with Crippen LogP contribution in [0.25, 0.3) is 0 Å². The van der Waals surface area contributed by atoms with Gasteiger partial charge in [-0.1, -0.05) is 37.3 Å². The highest BCUT2D eigenvalue weighted by atomic mass is 14.7. The Kier molecular flexibility index (Phi) is 1.89. The SMILES string of the molecule is C[C@@H]1C[C@@H]1[C@H](N)c1ccccc1. The summed E-state index contributed by atoms with van der Waals surface area (Å²) in [7, 11) is 0. The quantitative estimate of drug-likeness (QED) is 0.708.